The Hall–Kier alpha value is -2.56. The third-order valence-corrected chi connectivity index (χ3v) is 2.85. The van der Waals surface area contributed by atoms with Crippen molar-refractivity contribution in [1.82, 2.24) is 14.4 Å². The Morgan fingerprint density at radius 1 is 1.10 bits per heavy atom. The lowest BCUT2D eigenvalue weighted by Gasteiger charge is -1.98. The van der Waals surface area contributed by atoms with Gasteiger partial charge in [-0.3, -0.25) is 4.40 Å². The lowest BCUT2D eigenvalue weighted by Crippen LogP contribution is -1.97. The lowest BCUT2D eigenvalue weighted by molar-refractivity contribution is 0.477. The fourth-order valence-corrected chi connectivity index (χ4v) is 1.85. The molecule has 0 amide bonds. The number of fused-ring (bicyclic) bond motifs is 1. The van der Waals surface area contributed by atoms with Crippen molar-refractivity contribution in [2.45, 2.75) is 20.8 Å². The average Bonchev–Trinajstić information content (AvgIpc) is 2.84. The summed E-state index contributed by atoms with van der Waals surface area (Å²) in [5.41, 5.74) is 7.99. The van der Waals surface area contributed by atoms with Crippen molar-refractivity contribution in [3.8, 4) is 17.0 Å². The van der Waals surface area contributed by atoms with E-state index in [4.69, 9.17) is 5.73 Å². The van der Waals surface area contributed by atoms with Crippen LogP contribution in [0.25, 0.3) is 17.0 Å². The number of anilines is 1. The Balaban J connectivity index is 0.000000704. The molecule has 2 aromatic heterocycles. The summed E-state index contributed by atoms with van der Waals surface area (Å²) < 4.78 is 1.80. The molecule has 1 aromatic carbocycles. The standard InChI is InChI=1S/C13H12N4O.C2H6/c1-8-6-17-7-10(15-13(17)16-12(8)14)9-4-2-3-5-11(9)18;1-2/h2-7,18H,1H3,(H2,14,15,16);1-2H3. The number of phenols is 1. The molecule has 2 heterocycles. The zero-order chi connectivity index (χ0) is 14.7. The summed E-state index contributed by atoms with van der Waals surface area (Å²) in [6, 6.07) is 7.07. The van der Waals surface area contributed by atoms with Crippen molar-refractivity contribution in [2.75, 3.05) is 5.73 Å². The molecule has 0 spiro atoms. The average molecular weight is 270 g/mol. The van der Waals surface area contributed by atoms with Crippen molar-refractivity contribution < 1.29 is 5.11 Å². The molecule has 3 aromatic rings. The van der Waals surface area contributed by atoms with Gasteiger partial charge in [0.25, 0.3) is 0 Å². The number of aromatic nitrogens is 3. The van der Waals surface area contributed by atoms with Gasteiger partial charge in [0.05, 0.1) is 5.69 Å². The molecule has 104 valence electrons. The maximum absolute atomic E-state index is 9.80. The predicted molar refractivity (Wildman–Crippen MR) is 80.6 cm³/mol. The van der Waals surface area contributed by atoms with Crippen LogP contribution in [0.4, 0.5) is 5.82 Å². The first-order valence-corrected chi connectivity index (χ1v) is 6.55. The SMILES string of the molecule is CC.Cc1cn2cc(-c3ccccc3O)nc2nc1N. The van der Waals surface area contributed by atoms with Crippen LogP contribution in [0.5, 0.6) is 5.75 Å². The lowest BCUT2D eigenvalue weighted by atomic mass is 10.1. The Morgan fingerprint density at radius 2 is 1.80 bits per heavy atom. The molecule has 5 nitrogen and oxygen atoms in total. The Kier molecular flexibility index (Phi) is 3.89. The fourth-order valence-electron chi connectivity index (χ4n) is 1.85. The van der Waals surface area contributed by atoms with Crippen molar-refractivity contribution >= 4 is 11.6 Å². The third-order valence-electron chi connectivity index (χ3n) is 2.85. The first kappa shape index (κ1) is 13.9. The molecule has 0 fully saturated rings. The molecule has 0 unspecified atom stereocenters. The summed E-state index contributed by atoms with van der Waals surface area (Å²) >= 11 is 0. The van der Waals surface area contributed by atoms with Gasteiger partial charge in [-0.15, -0.1) is 0 Å². The van der Waals surface area contributed by atoms with Crippen molar-refractivity contribution in [3.05, 3.63) is 42.2 Å². The van der Waals surface area contributed by atoms with Gasteiger partial charge in [-0.05, 0) is 19.1 Å². The summed E-state index contributed by atoms with van der Waals surface area (Å²) in [4.78, 5) is 8.56. The number of rotatable bonds is 1. The number of nitrogens with two attached hydrogens (primary N) is 1. The molecule has 0 atom stereocenters. The smallest absolute Gasteiger partial charge is 0.236 e. The highest BCUT2D eigenvalue weighted by atomic mass is 16.3. The van der Waals surface area contributed by atoms with Crippen LogP contribution in [0.3, 0.4) is 0 Å². The monoisotopic (exact) mass is 270 g/mol. The van der Waals surface area contributed by atoms with Gasteiger partial charge in [-0.25, -0.2) is 4.98 Å². The second-order valence-electron chi connectivity index (χ2n) is 4.16. The maximum atomic E-state index is 9.80. The second-order valence-corrected chi connectivity index (χ2v) is 4.16. The van der Waals surface area contributed by atoms with Crippen LogP contribution < -0.4 is 5.73 Å². The Morgan fingerprint density at radius 3 is 2.50 bits per heavy atom. The zero-order valence-corrected chi connectivity index (χ0v) is 11.8. The summed E-state index contributed by atoms with van der Waals surface area (Å²) in [6.07, 6.45) is 3.69. The minimum absolute atomic E-state index is 0.200. The highest BCUT2D eigenvalue weighted by Crippen LogP contribution is 2.27. The molecule has 0 saturated heterocycles. The van der Waals surface area contributed by atoms with E-state index in [1.54, 1.807) is 16.5 Å². The summed E-state index contributed by atoms with van der Waals surface area (Å²) in [5, 5.41) is 9.80. The largest absolute Gasteiger partial charge is 0.507 e. The van der Waals surface area contributed by atoms with Crippen LogP contribution >= 0.6 is 0 Å². The van der Waals surface area contributed by atoms with Crippen molar-refractivity contribution in [2.24, 2.45) is 0 Å². The van der Waals surface area contributed by atoms with E-state index in [9.17, 15) is 5.11 Å². The molecule has 0 radical (unpaired) electrons. The molecule has 0 aliphatic heterocycles. The minimum Gasteiger partial charge on any atom is -0.507 e. The van der Waals surface area contributed by atoms with Gasteiger partial charge < -0.3 is 10.8 Å². The number of para-hydroxylation sites is 1. The third kappa shape index (κ3) is 2.42. The second kappa shape index (κ2) is 5.61. The number of imidazole rings is 1. The fraction of sp³-hybridized carbons (Fsp3) is 0.200. The quantitative estimate of drug-likeness (QED) is 0.712. The van der Waals surface area contributed by atoms with Crippen molar-refractivity contribution in [1.29, 1.82) is 0 Å². The van der Waals surface area contributed by atoms with Gasteiger partial charge >= 0.3 is 0 Å². The zero-order valence-electron chi connectivity index (χ0n) is 11.8. The van der Waals surface area contributed by atoms with E-state index in [0.29, 0.717) is 22.9 Å². The van der Waals surface area contributed by atoms with Gasteiger partial charge in [0.1, 0.15) is 11.6 Å². The number of hydrogen-bond acceptors (Lipinski definition) is 4. The van der Waals surface area contributed by atoms with Crippen molar-refractivity contribution in [3.63, 3.8) is 0 Å². The van der Waals surface area contributed by atoms with Gasteiger partial charge in [-0.2, -0.15) is 4.98 Å². The van der Waals surface area contributed by atoms with E-state index in [0.717, 1.165) is 5.56 Å². The number of nitrogens with zero attached hydrogens (tertiary/aromatic N) is 3. The van der Waals surface area contributed by atoms with E-state index >= 15 is 0 Å². The molecule has 20 heavy (non-hydrogen) atoms. The summed E-state index contributed by atoms with van der Waals surface area (Å²) in [5.74, 6) is 1.19. The van der Waals surface area contributed by atoms with Crippen LogP contribution in [0, 0.1) is 6.92 Å². The highest BCUT2D eigenvalue weighted by molar-refractivity contribution is 5.68. The predicted octanol–water partition coefficient (Wildman–Crippen LogP) is 3.02. The van der Waals surface area contributed by atoms with Crippen LogP contribution in [-0.4, -0.2) is 19.5 Å². The number of hydrogen-bond donors (Lipinski definition) is 2. The molecule has 0 saturated carbocycles. The van der Waals surface area contributed by atoms with Gasteiger partial charge in [-0.1, -0.05) is 26.0 Å². The minimum atomic E-state index is 0.200. The maximum Gasteiger partial charge on any atom is 0.236 e. The summed E-state index contributed by atoms with van der Waals surface area (Å²) in [6.45, 7) is 5.89. The number of aryl methyl sites for hydroxylation is 1. The van der Waals surface area contributed by atoms with Crippen LogP contribution in [0.1, 0.15) is 19.4 Å². The molecule has 5 heteroatoms. The number of aromatic hydroxyl groups is 1. The van der Waals surface area contributed by atoms with E-state index in [1.165, 1.54) is 0 Å². The Bertz CT molecular complexity index is 695. The number of benzene rings is 1. The van der Waals surface area contributed by atoms with Crippen LogP contribution in [-0.2, 0) is 0 Å². The highest BCUT2D eigenvalue weighted by Gasteiger charge is 2.09. The van der Waals surface area contributed by atoms with E-state index in [-0.39, 0.29) is 5.75 Å². The molecule has 3 N–H and O–H groups in total. The van der Waals surface area contributed by atoms with E-state index in [2.05, 4.69) is 9.97 Å². The van der Waals surface area contributed by atoms with Crippen LogP contribution in [0.15, 0.2) is 36.7 Å². The number of nitrogen functional groups attached to an aromatic ring is 1. The summed E-state index contributed by atoms with van der Waals surface area (Å²) in [7, 11) is 0. The normalized spacial score (nSPS) is 10.2. The number of phenolic OH excluding ortho intramolecular Hbond substituents is 1. The molecular weight excluding hydrogens is 252 g/mol. The molecule has 0 aliphatic carbocycles. The first-order valence-electron chi connectivity index (χ1n) is 6.55. The van der Waals surface area contributed by atoms with Gasteiger partial charge in [0.2, 0.25) is 5.78 Å². The Labute approximate surface area is 117 Å². The molecular formula is C15H18N4O. The van der Waals surface area contributed by atoms with Gasteiger partial charge in [0, 0.05) is 23.5 Å². The van der Waals surface area contributed by atoms with Crippen LogP contribution in [0.2, 0.25) is 0 Å². The molecule has 0 bridgehead atoms. The topological polar surface area (TPSA) is 76.4 Å². The van der Waals surface area contributed by atoms with Gasteiger partial charge in [0.15, 0.2) is 0 Å². The molecule has 0 aliphatic rings. The van der Waals surface area contributed by atoms with E-state index < -0.39 is 0 Å². The molecule has 3 rings (SSSR count). The van der Waals surface area contributed by atoms with E-state index in [1.807, 2.05) is 45.3 Å². The first-order chi connectivity index (χ1) is 9.65.